The number of amides is 1. The molecule has 150 valence electrons. The predicted octanol–water partition coefficient (Wildman–Crippen LogP) is 1.43. The summed E-state index contributed by atoms with van der Waals surface area (Å²) in [6, 6.07) is 13.5. The van der Waals surface area contributed by atoms with Crippen molar-refractivity contribution in [2.75, 3.05) is 19.0 Å². The number of esters is 1. The Morgan fingerprint density at radius 3 is 2.28 bits per heavy atom. The minimum atomic E-state index is -3.84. The third-order valence-electron chi connectivity index (χ3n) is 3.57. The highest BCUT2D eigenvalue weighted by atomic mass is 32.2. The monoisotopic (exact) mass is 415 g/mol. The number of carbonyl (C=O) groups is 2. The number of hydrogen-bond donors (Lipinski definition) is 2. The van der Waals surface area contributed by atoms with Gasteiger partial charge in [-0.1, -0.05) is 12.1 Å². The minimum Gasteiger partial charge on any atom is -0.497 e. The SMILES string of the molecule is COc1ccc(/C=C(\C#N)C(=O)OCC(=O)Nc2ccc(S(N)(=O)=O)cc2)cc1. The van der Waals surface area contributed by atoms with E-state index in [0.29, 0.717) is 11.3 Å². The molecule has 0 heterocycles. The number of carbonyl (C=O) groups excluding carboxylic acids is 2. The van der Waals surface area contributed by atoms with Crippen LogP contribution in [0.3, 0.4) is 0 Å². The highest BCUT2D eigenvalue weighted by Crippen LogP contribution is 2.15. The second kappa shape index (κ2) is 9.50. The molecular formula is C19H17N3O6S. The first-order valence-corrected chi connectivity index (χ1v) is 9.63. The highest BCUT2D eigenvalue weighted by Gasteiger charge is 2.14. The molecule has 29 heavy (non-hydrogen) atoms. The van der Waals surface area contributed by atoms with E-state index in [2.05, 4.69) is 5.32 Å². The Balaban J connectivity index is 1.95. The van der Waals surface area contributed by atoms with Crippen LogP contribution in [0.2, 0.25) is 0 Å². The topological polar surface area (TPSA) is 149 Å². The van der Waals surface area contributed by atoms with Crippen molar-refractivity contribution in [3.8, 4) is 11.8 Å². The minimum absolute atomic E-state index is 0.107. The van der Waals surface area contributed by atoms with Crippen molar-refractivity contribution in [1.29, 1.82) is 5.26 Å². The number of nitrogens with one attached hydrogen (secondary N) is 1. The van der Waals surface area contributed by atoms with Crippen LogP contribution in [0, 0.1) is 11.3 Å². The lowest BCUT2D eigenvalue weighted by Crippen LogP contribution is -2.21. The normalized spacial score (nSPS) is 11.3. The fourth-order valence-electron chi connectivity index (χ4n) is 2.14. The summed E-state index contributed by atoms with van der Waals surface area (Å²) in [4.78, 5) is 23.8. The highest BCUT2D eigenvalue weighted by molar-refractivity contribution is 7.89. The van der Waals surface area contributed by atoms with E-state index in [9.17, 15) is 18.0 Å². The molecule has 0 bridgehead atoms. The Bertz CT molecular complexity index is 1070. The Hall–Kier alpha value is -3.68. The standard InChI is InChI=1S/C19H17N3O6S/c1-27-16-6-2-13(3-7-16)10-14(11-20)19(24)28-12-18(23)22-15-4-8-17(9-5-15)29(21,25)26/h2-10H,12H2,1H3,(H,22,23)(H2,21,25,26)/b14-10+. The molecule has 0 saturated carbocycles. The molecule has 0 fully saturated rings. The molecule has 2 rings (SSSR count). The van der Waals surface area contributed by atoms with E-state index in [-0.39, 0.29) is 16.2 Å². The fraction of sp³-hybridized carbons (Fsp3) is 0.105. The van der Waals surface area contributed by atoms with Gasteiger partial charge in [0.1, 0.15) is 17.4 Å². The molecule has 0 aliphatic carbocycles. The van der Waals surface area contributed by atoms with Crippen molar-refractivity contribution >= 4 is 33.7 Å². The molecule has 0 aliphatic heterocycles. The van der Waals surface area contributed by atoms with Crippen molar-refractivity contribution < 1.29 is 27.5 Å². The van der Waals surface area contributed by atoms with Crippen LogP contribution in [0.5, 0.6) is 5.75 Å². The van der Waals surface area contributed by atoms with Gasteiger partial charge in [-0.05, 0) is 48.0 Å². The van der Waals surface area contributed by atoms with Gasteiger partial charge in [0.25, 0.3) is 5.91 Å². The van der Waals surface area contributed by atoms with Crippen molar-refractivity contribution in [1.82, 2.24) is 0 Å². The lowest BCUT2D eigenvalue weighted by molar-refractivity contribution is -0.142. The number of rotatable bonds is 7. The third-order valence-corrected chi connectivity index (χ3v) is 4.50. The second-order valence-electron chi connectivity index (χ2n) is 5.64. The molecule has 10 heteroatoms. The van der Waals surface area contributed by atoms with Crippen LogP contribution < -0.4 is 15.2 Å². The van der Waals surface area contributed by atoms with Crippen molar-refractivity contribution in [2.45, 2.75) is 4.90 Å². The lowest BCUT2D eigenvalue weighted by atomic mass is 10.1. The van der Waals surface area contributed by atoms with Gasteiger partial charge in [0.05, 0.1) is 12.0 Å². The zero-order valence-electron chi connectivity index (χ0n) is 15.3. The van der Waals surface area contributed by atoms with Crippen LogP contribution in [0.4, 0.5) is 5.69 Å². The number of nitrogens with two attached hydrogens (primary N) is 1. The molecule has 9 nitrogen and oxygen atoms in total. The zero-order chi connectivity index (χ0) is 21.4. The van der Waals surface area contributed by atoms with Crippen LogP contribution in [0.25, 0.3) is 6.08 Å². The number of nitrogens with zero attached hydrogens (tertiary/aromatic N) is 1. The van der Waals surface area contributed by atoms with E-state index in [1.54, 1.807) is 30.3 Å². The summed E-state index contributed by atoms with van der Waals surface area (Å²) in [6.07, 6.45) is 1.33. The first-order chi connectivity index (χ1) is 13.7. The molecule has 0 saturated heterocycles. The van der Waals surface area contributed by atoms with Gasteiger partial charge in [0.15, 0.2) is 6.61 Å². The summed E-state index contributed by atoms with van der Waals surface area (Å²) >= 11 is 0. The van der Waals surface area contributed by atoms with E-state index in [4.69, 9.17) is 19.9 Å². The molecule has 0 radical (unpaired) electrons. The first kappa shape index (κ1) is 21.6. The Kier molecular flexibility index (Phi) is 7.08. The van der Waals surface area contributed by atoms with Gasteiger partial charge in [-0.25, -0.2) is 18.4 Å². The summed E-state index contributed by atoms with van der Waals surface area (Å²) in [6.45, 7) is -0.628. The van der Waals surface area contributed by atoms with Crippen LogP contribution in [-0.4, -0.2) is 34.0 Å². The van der Waals surface area contributed by atoms with Crippen molar-refractivity contribution in [2.24, 2.45) is 5.14 Å². The van der Waals surface area contributed by atoms with E-state index in [1.807, 2.05) is 0 Å². The van der Waals surface area contributed by atoms with Crippen molar-refractivity contribution in [3.05, 3.63) is 59.7 Å². The van der Waals surface area contributed by atoms with Gasteiger partial charge in [-0.2, -0.15) is 5.26 Å². The number of primary sulfonamides is 1. The number of nitriles is 1. The summed E-state index contributed by atoms with van der Waals surface area (Å²) < 4.78 is 32.3. The Morgan fingerprint density at radius 1 is 1.14 bits per heavy atom. The smallest absolute Gasteiger partial charge is 0.349 e. The molecule has 0 aliphatic rings. The van der Waals surface area contributed by atoms with Crippen LogP contribution in [0.15, 0.2) is 59.0 Å². The summed E-state index contributed by atoms with van der Waals surface area (Å²) in [5.74, 6) is -0.997. The maximum Gasteiger partial charge on any atom is 0.349 e. The molecule has 1 amide bonds. The molecule has 0 unspecified atom stereocenters. The molecule has 0 aromatic heterocycles. The first-order valence-electron chi connectivity index (χ1n) is 8.08. The number of sulfonamides is 1. The summed E-state index contributed by atoms with van der Waals surface area (Å²) in [5.41, 5.74) is 0.590. The van der Waals surface area contributed by atoms with Gasteiger partial charge in [0.2, 0.25) is 10.0 Å². The fourth-order valence-corrected chi connectivity index (χ4v) is 2.65. The van der Waals surface area contributed by atoms with Crippen LogP contribution >= 0.6 is 0 Å². The maximum atomic E-state index is 12.0. The largest absolute Gasteiger partial charge is 0.497 e. The lowest BCUT2D eigenvalue weighted by Gasteiger charge is -2.07. The predicted molar refractivity (Wildman–Crippen MR) is 104 cm³/mol. The molecule has 2 aromatic carbocycles. The number of methoxy groups -OCH3 is 1. The maximum absolute atomic E-state index is 12.0. The number of hydrogen-bond acceptors (Lipinski definition) is 7. The van der Waals surface area contributed by atoms with Gasteiger partial charge in [0, 0.05) is 5.69 Å². The van der Waals surface area contributed by atoms with Gasteiger partial charge >= 0.3 is 5.97 Å². The van der Waals surface area contributed by atoms with E-state index >= 15 is 0 Å². The average molecular weight is 415 g/mol. The number of ether oxygens (including phenoxy) is 2. The second-order valence-corrected chi connectivity index (χ2v) is 7.20. The summed E-state index contributed by atoms with van der Waals surface area (Å²) in [5, 5.41) is 16.6. The van der Waals surface area contributed by atoms with Gasteiger partial charge < -0.3 is 14.8 Å². The summed E-state index contributed by atoms with van der Waals surface area (Å²) in [7, 11) is -2.32. The Labute approximate surface area is 167 Å². The molecule has 2 aromatic rings. The average Bonchev–Trinajstić information content (AvgIpc) is 2.70. The van der Waals surface area contributed by atoms with Gasteiger partial charge in [-0.3, -0.25) is 4.79 Å². The van der Waals surface area contributed by atoms with E-state index in [1.165, 1.54) is 37.5 Å². The molecule has 0 spiro atoms. The van der Waals surface area contributed by atoms with Gasteiger partial charge in [-0.15, -0.1) is 0 Å². The number of anilines is 1. The van der Waals surface area contributed by atoms with Crippen LogP contribution in [0.1, 0.15) is 5.56 Å². The molecule has 3 N–H and O–H groups in total. The van der Waals surface area contributed by atoms with Crippen molar-refractivity contribution in [3.63, 3.8) is 0 Å². The van der Waals surface area contributed by atoms with Crippen LogP contribution in [-0.2, 0) is 24.3 Å². The molecular weight excluding hydrogens is 398 g/mol. The third kappa shape index (κ3) is 6.46. The van der Waals surface area contributed by atoms with E-state index < -0.39 is 28.5 Å². The number of benzene rings is 2. The van der Waals surface area contributed by atoms with E-state index in [0.717, 1.165) is 0 Å². The molecule has 0 atom stereocenters. The zero-order valence-corrected chi connectivity index (χ0v) is 16.1. The Morgan fingerprint density at radius 2 is 1.76 bits per heavy atom. The quantitative estimate of drug-likeness (QED) is 0.395.